The van der Waals surface area contributed by atoms with Crippen LogP contribution in [-0.4, -0.2) is 5.33 Å². The monoisotopic (exact) mass is 204 g/mol. The Morgan fingerprint density at radius 3 is 2.60 bits per heavy atom. The van der Waals surface area contributed by atoms with E-state index >= 15 is 0 Å². The molecule has 0 spiro atoms. The minimum Gasteiger partial charge on any atom is -0.0925 e. The highest BCUT2D eigenvalue weighted by molar-refractivity contribution is 9.09. The van der Waals surface area contributed by atoms with Gasteiger partial charge in [0.2, 0.25) is 0 Å². The molecule has 0 radical (unpaired) electrons. The van der Waals surface area contributed by atoms with E-state index < -0.39 is 0 Å². The maximum absolute atomic E-state index is 3.53. The van der Waals surface area contributed by atoms with Crippen molar-refractivity contribution in [3.63, 3.8) is 0 Å². The van der Waals surface area contributed by atoms with Gasteiger partial charge in [-0.05, 0) is 18.3 Å². The molecule has 0 aromatic rings. The molecule has 0 bridgehead atoms. The van der Waals surface area contributed by atoms with E-state index in [0.717, 1.165) is 11.8 Å². The van der Waals surface area contributed by atoms with Crippen LogP contribution in [0.1, 0.15) is 39.0 Å². The van der Waals surface area contributed by atoms with Crippen molar-refractivity contribution in [3.05, 3.63) is 0 Å². The predicted molar refractivity (Wildman–Crippen MR) is 49.5 cm³/mol. The van der Waals surface area contributed by atoms with Crippen molar-refractivity contribution in [2.45, 2.75) is 39.0 Å². The molecular weight excluding hydrogens is 188 g/mol. The van der Waals surface area contributed by atoms with E-state index in [1.165, 1.54) is 37.4 Å². The molecule has 2 atom stereocenters. The minimum absolute atomic E-state index is 1.04. The van der Waals surface area contributed by atoms with Gasteiger partial charge in [-0.3, -0.25) is 0 Å². The normalized spacial score (nSPS) is 30.6. The average molecular weight is 205 g/mol. The zero-order valence-corrected chi connectivity index (χ0v) is 8.36. The smallest absolute Gasteiger partial charge is 0.00624 e. The van der Waals surface area contributed by atoms with Gasteiger partial charge in [0.05, 0.1) is 0 Å². The van der Waals surface area contributed by atoms with E-state index in [4.69, 9.17) is 0 Å². The van der Waals surface area contributed by atoms with Gasteiger partial charge < -0.3 is 0 Å². The SMILES string of the molecule is CCCCCC1CC1CBr. The number of unbranched alkanes of at least 4 members (excludes halogenated alkanes) is 2. The zero-order chi connectivity index (χ0) is 7.40. The van der Waals surface area contributed by atoms with Crippen LogP contribution in [0.5, 0.6) is 0 Å². The van der Waals surface area contributed by atoms with Crippen molar-refractivity contribution in [2.24, 2.45) is 11.8 Å². The molecule has 1 rings (SSSR count). The fraction of sp³-hybridized carbons (Fsp3) is 1.00. The first kappa shape index (κ1) is 8.58. The molecule has 0 amide bonds. The third-order valence-corrected chi connectivity index (χ3v) is 3.28. The van der Waals surface area contributed by atoms with E-state index in [1.807, 2.05) is 0 Å². The predicted octanol–water partition coefficient (Wildman–Crippen LogP) is 3.60. The van der Waals surface area contributed by atoms with Crippen LogP contribution >= 0.6 is 15.9 Å². The van der Waals surface area contributed by atoms with Gasteiger partial charge in [0.1, 0.15) is 0 Å². The molecule has 0 aliphatic heterocycles. The Kier molecular flexibility index (Phi) is 3.75. The molecule has 0 N–H and O–H groups in total. The van der Waals surface area contributed by atoms with Crippen LogP contribution in [0.2, 0.25) is 0 Å². The van der Waals surface area contributed by atoms with Crippen LogP contribution in [0.15, 0.2) is 0 Å². The van der Waals surface area contributed by atoms with Gasteiger partial charge in [-0.15, -0.1) is 0 Å². The van der Waals surface area contributed by atoms with E-state index in [-0.39, 0.29) is 0 Å². The minimum atomic E-state index is 1.04. The molecule has 0 nitrogen and oxygen atoms in total. The Morgan fingerprint density at radius 2 is 2.10 bits per heavy atom. The fourth-order valence-electron chi connectivity index (χ4n) is 1.51. The van der Waals surface area contributed by atoms with Crippen LogP contribution < -0.4 is 0 Å². The van der Waals surface area contributed by atoms with Gasteiger partial charge in [0.25, 0.3) is 0 Å². The maximum atomic E-state index is 3.53. The summed E-state index contributed by atoms with van der Waals surface area (Å²) in [7, 11) is 0. The quantitative estimate of drug-likeness (QED) is 0.475. The lowest BCUT2D eigenvalue weighted by Gasteiger charge is -1.95. The number of alkyl halides is 1. The fourth-order valence-corrected chi connectivity index (χ4v) is 2.30. The summed E-state index contributed by atoms with van der Waals surface area (Å²) < 4.78 is 0. The highest BCUT2D eigenvalue weighted by Crippen LogP contribution is 2.43. The van der Waals surface area contributed by atoms with E-state index in [0.29, 0.717) is 0 Å². The van der Waals surface area contributed by atoms with Crippen LogP contribution in [0.25, 0.3) is 0 Å². The Labute approximate surface area is 72.5 Å². The molecule has 10 heavy (non-hydrogen) atoms. The maximum Gasteiger partial charge on any atom is 0.00624 e. The molecule has 60 valence electrons. The van der Waals surface area contributed by atoms with Crippen molar-refractivity contribution in [1.29, 1.82) is 0 Å². The summed E-state index contributed by atoms with van der Waals surface area (Å²) in [5.41, 5.74) is 0. The molecular formula is C9H17Br. The highest BCUT2D eigenvalue weighted by atomic mass is 79.9. The van der Waals surface area contributed by atoms with Crippen molar-refractivity contribution in [3.8, 4) is 0 Å². The van der Waals surface area contributed by atoms with Crippen molar-refractivity contribution >= 4 is 15.9 Å². The van der Waals surface area contributed by atoms with E-state index in [1.54, 1.807) is 0 Å². The molecule has 1 heteroatoms. The number of halogens is 1. The third-order valence-electron chi connectivity index (χ3n) is 2.45. The van der Waals surface area contributed by atoms with Crippen molar-refractivity contribution < 1.29 is 0 Å². The number of rotatable bonds is 5. The Morgan fingerprint density at radius 1 is 1.30 bits per heavy atom. The molecule has 1 aliphatic carbocycles. The Bertz CT molecular complexity index is 90.7. The summed E-state index contributed by atoms with van der Waals surface area (Å²) in [5, 5.41) is 1.24. The lowest BCUT2D eigenvalue weighted by molar-refractivity contribution is 0.597. The second kappa shape index (κ2) is 4.38. The largest absolute Gasteiger partial charge is 0.0925 e. The Hall–Kier alpha value is 0.480. The number of hydrogen-bond donors (Lipinski definition) is 0. The topological polar surface area (TPSA) is 0 Å². The average Bonchev–Trinajstić information content (AvgIpc) is 2.68. The van der Waals surface area contributed by atoms with Crippen LogP contribution in [0.4, 0.5) is 0 Å². The summed E-state index contributed by atoms with van der Waals surface area (Å²) >= 11 is 3.53. The van der Waals surface area contributed by atoms with Crippen LogP contribution in [0, 0.1) is 11.8 Å². The first-order valence-corrected chi connectivity index (χ1v) is 5.56. The molecule has 0 aromatic carbocycles. The summed E-state index contributed by atoms with van der Waals surface area (Å²) in [4.78, 5) is 0. The van der Waals surface area contributed by atoms with Crippen molar-refractivity contribution in [1.82, 2.24) is 0 Å². The molecule has 0 heterocycles. The first-order valence-electron chi connectivity index (χ1n) is 4.44. The zero-order valence-electron chi connectivity index (χ0n) is 6.78. The van der Waals surface area contributed by atoms with Crippen molar-refractivity contribution in [2.75, 3.05) is 5.33 Å². The lowest BCUT2D eigenvalue weighted by Crippen LogP contribution is -1.83. The lowest BCUT2D eigenvalue weighted by atomic mass is 10.1. The second-order valence-electron chi connectivity index (χ2n) is 3.41. The van der Waals surface area contributed by atoms with Gasteiger partial charge in [-0.2, -0.15) is 0 Å². The van der Waals surface area contributed by atoms with Gasteiger partial charge >= 0.3 is 0 Å². The van der Waals surface area contributed by atoms with E-state index in [9.17, 15) is 0 Å². The molecule has 2 unspecified atom stereocenters. The third kappa shape index (κ3) is 2.61. The molecule has 1 aliphatic rings. The van der Waals surface area contributed by atoms with Gasteiger partial charge in [-0.25, -0.2) is 0 Å². The number of hydrogen-bond acceptors (Lipinski definition) is 0. The highest BCUT2D eigenvalue weighted by Gasteiger charge is 2.34. The standard InChI is InChI=1S/C9H17Br/c1-2-3-4-5-8-6-9(8)7-10/h8-9H,2-7H2,1H3. The summed E-state index contributed by atoms with van der Waals surface area (Å²) in [5.74, 6) is 2.13. The molecule has 0 saturated heterocycles. The molecule has 1 fully saturated rings. The van der Waals surface area contributed by atoms with Crippen LogP contribution in [0.3, 0.4) is 0 Å². The van der Waals surface area contributed by atoms with Crippen LogP contribution in [-0.2, 0) is 0 Å². The molecule has 0 aromatic heterocycles. The molecule has 1 saturated carbocycles. The van der Waals surface area contributed by atoms with Gasteiger partial charge in [0, 0.05) is 5.33 Å². The second-order valence-corrected chi connectivity index (χ2v) is 4.05. The van der Waals surface area contributed by atoms with E-state index in [2.05, 4.69) is 22.9 Å². The summed E-state index contributed by atoms with van der Waals surface area (Å²) in [6.45, 7) is 2.27. The summed E-state index contributed by atoms with van der Waals surface area (Å²) in [6, 6.07) is 0. The van der Waals surface area contributed by atoms with Gasteiger partial charge in [-0.1, -0.05) is 48.5 Å². The first-order chi connectivity index (χ1) is 4.88. The summed E-state index contributed by atoms with van der Waals surface area (Å²) in [6.07, 6.45) is 7.25. The Balaban J connectivity index is 1.87. The van der Waals surface area contributed by atoms with Gasteiger partial charge in [0.15, 0.2) is 0 Å².